The summed E-state index contributed by atoms with van der Waals surface area (Å²) in [6.07, 6.45) is 1.74. The van der Waals surface area contributed by atoms with E-state index in [2.05, 4.69) is 16.6 Å². The molecule has 0 bridgehead atoms. The first-order valence-corrected chi connectivity index (χ1v) is 4.63. The number of hydrogen-bond donors (Lipinski definition) is 1. The van der Waals surface area contributed by atoms with Gasteiger partial charge in [0.05, 0.1) is 12.0 Å². The van der Waals surface area contributed by atoms with Crippen molar-refractivity contribution in [3.05, 3.63) is 34.9 Å². The highest BCUT2D eigenvalue weighted by atomic mass is 35.5. The highest BCUT2D eigenvalue weighted by Gasteiger charge is 2.25. The van der Waals surface area contributed by atoms with Gasteiger partial charge in [-0.05, 0) is 17.7 Å². The number of hydrogen-bond acceptors (Lipinski definition) is 3. The molecule has 1 N–H and O–H groups in total. The van der Waals surface area contributed by atoms with Crippen molar-refractivity contribution in [2.24, 2.45) is 5.10 Å². The smallest absolute Gasteiger partial charge is 0.142 e. The van der Waals surface area contributed by atoms with E-state index in [4.69, 9.17) is 16.9 Å². The maximum absolute atomic E-state index is 8.84. The molecule has 1 aliphatic heterocycles. The molecule has 0 saturated heterocycles. The zero-order valence-corrected chi connectivity index (χ0v) is 8.07. The summed E-state index contributed by atoms with van der Waals surface area (Å²) in [5, 5.41) is 13.4. The number of benzene rings is 1. The molecule has 0 amide bonds. The molecular weight excluding hydrogens is 198 g/mol. The molecule has 0 saturated carbocycles. The van der Waals surface area contributed by atoms with Gasteiger partial charge in [0.15, 0.2) is 0 Å². The van der Waals surface area contributed by atoms with Crippen LogP contribution in [0.1, 0.15) is 11.5 Å². The summed E-state index contributed by atoms with van der Waals surface area (Å²) in [6.45, 7) is 0. The second-order valence-electron chi connectivity index (χ2n) is 3.09. The molecule has 14 heavy (non-hydrogen) atoms. The van der Waals surface area contributed by atoms with E-state index in [0.717, 1.165) is 5.56 Å². The van der Waals surface area contributed by atoms with Crippen LogP contribution in [0, 0.1) is 11.3 Å². The lowest BCUT2D eigenvalue weighted by Gasteiger charge is -2.11. The summed E-state index contributed by atoms with van der Waals surface area (Å²) >= 11 is 5.87. The maximum Gasteiger partial charge on any atom is 0.142 e. The normalized spacial score (nSPS) is 24.3. The lowest BCUT2D eigenvalue weighted by Crippen LogP contribution is -2.23. The predicted octanol–water partition coefficient (Wildman–Crippen LogP) is 1.90. The summed E-state index contributed by atoms with van der Waals surface area (Å²) in [5.74, 6) is -0.00120. The van der Waals surface area contributed by atoms with Gasteiger partial charge in [-0.2, -0.15) is 10.4 Å². The van der Waals surface area contributed by atoms with E-state index >= 15 is 0 Å². The molecule has 1 aromatic rings. The number of rotatable bonds is 1. The first-order chi connectivity index (χ1) is 6.81. The van der Waals surface area contributed by atoms with Crippen LogP contribution in [-0.4, -0.2) is 12.3 Å². The van der Waals surface area contributed by atoms with Crippen molar-refractivity contribution < 1.29 is 0 Å². The van der Waals surface area contributed by atoms with Gasteiger partial charge in [0.1, 0.15) is 6.04 Å². The van der Waals surface area contributed by atoms with Crippen LogP contribution < -0.4 is 5.43 Å². The van der Waals surface area contributed by atoms with Crippen LogP contribution in [0.4, 0.5) is 0 Å². The van der Waals surface area contributed by atoms with Gasteiger partial charge in [0.25, 0.3) is 0 Å². The molecule has 1 aromatic carbocycles. The minimum absolute atomic E-state index is 0.00120. The van der Waals surface area contributed by atoms with Crippen LogP contribution in [0.3, 0.4) is 0 Å². The lowest BCUT2D eigenvalue weighted by atomic mass is 9.95. The number of nitrogens with one attached hydrogen (secondary N) is 1. The van der Waals surface area contributed by atoms with Crippen molar-refractivity contribution in [2.45, 2.75) is 12.0 Å². The zero-order chi connectivity index (χ0) is 9.97. The van der Waals surface area contributed by atoms with E-state index in [9.17, 15) is 0 Å². The zero-order valence-electron chi connectivity index (χ0n) is 7.31. The molecule has 2 rings (SSSR count). The van der Waals surface area contributed by atoms with Crippen molar-refractivity contribution in [3.63, 3.8) is 0 Å². The first-order valence-electron chi connectivity index (χ1n) is 4.25. The third-order valence-corrected chi connectivity index (χ3v) is 2.42. The molecule has 2 unspecified atom stereocenters. The second-order valence-corrected chi connectivity index (χ2v) is 3.53. The Hall–Kier alpha value is -1.53. The molecule has 2 atom stereocenters. The number of hydrazone groups is 1. The van der Waals surface area contributed by atoms with Crippen molar-refractivity contribution in [3.8, 4) is 6.07 Å². The number of halogens is 1. The van der Waals surface area contributed by atoms with Gasteiger partial charge in [-0.25, -0.2) is 0 Å². The highest BCUT2D eigenvalue weighted by Crippen LogP contribution is 2.23. The van der Waals surface area contributed by atoms with Gasteiger partial charge >= 0.3 is 0 Å². The minimum atomic E-state index is -0.284. The maximum atomic E-state index is 8.84. The second kappa shape index (κ2) is 3.69. The van der Waals surface area contributed by atoms with Crippen LogP contribution in [-0.2, 0) is 0 Å². The van der Waals surface area contributed by atoms with Crippen LogP contribution in [0.5, 0.6) is 0 Å². The van der Waals surface area contributed by atoms with Crippen molar-refractivity contribution in [1.29, 1.82) is 5.26 Å². The Bertz CT molecular complexity index is 408. The first kappa shape index (κ1) is 9.04. The van der Waals surface area contributed by atoms with Crippen molar-refractivity contribution in [1.82, 2.24) is 5.43 Å². The molecule has 70 valence electrons. The summed E-state index contributed by atoms with van der Waals surface area (Å²) in [6, 6.07) is 9.35. The Morgan fingerprint density at radius 3 is 3.07 bits per heavy atom. The van der Waals surface area contributed by atoms with E-state index in [1.54, 1.807) is 6.21 Å². The van der Waals surface area contributed by atoms with Gasteiger partial charge in [-0.15, -0.1) is 0 Å². The molecule has 4 heteroatoms. The van der Waals surface area contributed by atoms with E-state index < -0.39 is 0 Å². The standard InChI is InChI=1S/C10H8ClN3/c11-8-3-1-2-7(4-8)9-6-13-14-10(9)5-12/h1-4,6,9-10,14H. The molecule has 3 nitrogen and oxygen atoms in total. The highest BCUT2D eigenvalue weighted by molar-refractivity contribution is 6.30. The Morgan fingerprint density at radius 2 is 2.36 bits per heavy atom. The SMILES string of the molecule is N#CC1NN=CC1c1cccc(Cl)c1. The van der Waals surface area contributed by atoms with Gasteiger partial charge in [0, 0.05) is 11.2 Å². The minimum Gasteiger partial charge on any atom is -0.292 e. The fourth-order valence-electron chi connectivity index (χ4n) is 1.47. The molecule has 0 spiro atoms. The average molecular weight is 206 g/mol. The predicted molar refractivity (Wildman–Crippen MR) is 55.2 cm³/mol. The number of nitrogens with zero attached hydrogens (tertiary/aromatic N) is 2. The fraction of sp³-hybridized carbons (Fsp3) is 0.200. The molecule has 0 fully saturated rings. The molecule has 0 radical (unpaired) electrons. The largest absolute Gasteiger partial charge is 0.292 e. The van der Waals surface area contributed by atoms with Gasteiger partial charge in [-0.3, -0.25) is 5.43 Å². The van der Waals surface area contributed by atoms with Gasteiger partial charge < -0.3 is 0 Å². The van der Waals surface area contributed by atoms with Crippen molar-refractivity contribution in [2.75, 3.05) is 0 Å². The molecule has 1 heterocycles. The Balaban J connectivity index is 2.31. The Labute approximate surface area is 87.0 Å². The quantitative estimate of drug-likeness (QED) is 0.762. The van der Waals surface area contributed by atoms with Gasteiger partial charge in [0.2, 0.25) is 0 Å². The molecule has 0 aromatic heterocycles. The third kappa shape index (κ3) is 1.57. The van der Waals surface area contributed by atoms with Gasteiger partial charge in [-0.1, -0.05) is 23.7 Å². The number of nitriles is 1. The van der Waals surface area contributed by atoms with Crippen molar-refractivity contribution >= 4 is 17.8 Å². The Morgan fingerprint density at radius 1 is 1.50 bits per heavy atom. The van der Waals surface area contributed by atoms with Crippen LogP contribution >= 0.6 is 11.6 Å². The average Bonchev–Trinajstić information content (AvgIpc) is 2.65. The summed E-state index contributed by atoms with van der Waals surface area (Å²) in [7, 11) is 0. The van der Waals surface area contributed by atoms with E-state index in [0.29, 0.717) is 5.02 Å². The monoisotopic (exact) mass is 205 g/mol. The Kier molecular flexibility index (Phi) is 2.38. The molecular formula is C10H8ClN3. The van der Waals surface area contributed by atoms with E-state index in [-0.39, 0.29) is 12.0 Å². The summed E-state index contributed by atoms with van der Waals surface area (Å²) < 4.78 is 0. The van der Waals surface area contributed by atoms with Crippen LogP contribution in [0.15, 0.2) is 29.4 Å². The molecule has 0 aliphatic carbocycles. The molecule has 1 aliphatic rings. The fourth-order valence-corrected chi connectivity index (χ4v) is 1.67. The topological polar surface area (TPSA) is 48.2 Å². The lowest BCUT2D eigenvalue weighted by molar-refractivity contribution is 0.654. The van der Waals surface area contributed by atoms with E-state index in [1.165, 1.54) is 0 Å². The van der Waals surface area contributed by atoms with Crippen LogP contribution in [0.2, 0.25) is 5.02 Å². The van der Waals surface area contributed by atoms with E-state index in [1.807, 2.05) is 24.3 Å². The summed E-state index contributed by atoms with van der Waals surface area (Å²) in [4.78, 5) is 0. The summed E-state index contributed by atoms with van der Waals surface area (Å²) in [5.41, 5.74) is 3.75. The van der Waals surface area contributed by atoms with Crippen LogP contribution in [0.25, 0.3) is 0 Å². The third-order valence-electron chi connectivity index (χ3n) is 2.18.